The molecular weight excluding hydrogens is 204 g/mol. The van der Waals surface area contributed by atoms with Crippen LogP contribution >= 0.6 is 0 Å². The zero-order valence-electron chi connectivity index (χ0n) is 9.61. The summed E-state index contributed by atoms with van der Waals surface area (Å²) in [7, 11) is 0. The van der Waals surface area contributed by atoms with E-state index in [-0.39, 0.29) is 23.8 Å². The minimum Gasteiger partial charge on any atom is -0.311 e. The summed E-state index contributed by atoms with van der Waals surface area (Å²) >= 11 is 0. The molecule has 0 aromatic heterocycles. The normalized spacial score (nSPS) is 43.2. The zero-order valence-corrected chi connectivity index (χ0v) is 9.61. The Bertz CT molecular complexity index is 330. The molecule has 0 saturated carbocycles. The van der Waals surface area contributed by atoms with Crippen molar-refractivity contribution in [1.82, 2.24) is 10.2 Å². The average molecular weight is 222 g/mol. The molecule has 3 saturated heterocycles. The molecule has 3 unspecified atom stereocenters. The van der Waals surface area contributed by atoms with Gasteiger partial charge in [-0.15, -0.1) is 0 Å². The number of likely N-dealkylation sites (tertiary alicyclic amines) is 1. The topological polar surface area (TPSA) is 49.4 Å². The molecule has 0 aliphatic carbocycles. The van der Waals surface area contributed by atoms with E-state index in [1.54, 1.807) is 4.90 Å². The van der Waals surface area contributed by atoms with E-state index in [1.807, 2.05) is 6.92 Å². The molecule has 3 aliphatic rings. The highest BCUT2D eigenvalue weighted by molar-refractivity contribution is 6.03. The molecule has 4 heteroatoms. The van der Waals surface area contributed by atoms with Crippen LogP contribution < -0.4 is 5.32 Å². The first-order chi connectivity index (χ1) is 7.65. The number of hydrogen-bond acceptors (Lipinski definition) is 3. The monoisotopic (exact) mass is 222 g/mol. The van der Waals surface area contributed by atoms with Gasteiger partial charge in [-0.2, -0.15) is 0 Å². The van der Waals surface area contributed by atoms with Crippen LogP contribution in [-0.2, 0) is 9.59 Å². The molecule has 3 fully saturated rings. The second-order valence-electron chi connectivity index (χ2n) is 5.47. The maximum Gasteiger partial charge on any atom is 0.232 e. The van der Waals surface area contributed by atoms with Gasteiger partial charge in [-0.05, 0) is 25.7 Å². The van der Waals surface area contributed by atoms with Gasteiger partial charge in [0.25, 0.3) is 0 Å². The number of amides is 2. The lowest BCUT2D eigenvalue weighted by atomic mass is 9.98. The number of rotatable bonds is 1. The highest BCUT2D eigenvalue weighted by Gasteiger charge is 2.44. The van der Waals surface area contributed by atoms with Crippen LogP contribution in [0.5, 0.6) is 0 Å². The van der Waals surface area contributed by atoms with E-state index in [1.165, 1.54) is 12.8 Å². The molecule has 88 valence electrons. The minimum absolute atomic E-state index is 0.0452. The standard InChI is InChI=1S/C12H18N2O2/c1-7-4-11(15)14(12(7)16)10-5-8-2-3-9(6-10)13-8/h7-10,13H,2-6H2,1H3. The van der Waals surface area contributed by atoms with Crippen molar-refractivity contribution in [3.05, 3.63) is 0 Å². The van der Waals surface area contributed by atoms with Crippen LogP contribution in [0.3, 0.4) is 0 Å². The van der Waals surface area contributed by atoms with Crippen molar-refractivity contribution in [2.45, 2.75) is 57.2 Å². The summed E-state index contributed by atoms with van der Waals surface area (Å²) in [5.74, 6) is 0.000128. The van der Waals surface area contributed by atoms with Crippen LogP contribution in [0.15, 0.2) is 0 Å². The number of fused-ring (bicyclic) bond motifs is 2. The van der Waals surface area contributed by atoms with E-state index in [0.717, 1.165) is 12.8 Å². The second-order valence-corrected chi connectivity index (χ2v) is 5.47. The van der Waals surface area contributed by atoms with E-state index >= 15 is 0 Å². The molecule has 2 amide bonds. The molecule has 16 heavy (non-hydrogen) atoms. The Morgan fingerprint density at radius 2 is 1.81 bits per heavy atom. The third kappa shape index (κ3) is 1.47. The third-order valence-electron chi connectivity index (χ3n) is 4.22. The summed E-state index contributed by atoms with van der Waals surface area (Å²) in [5.41, 5.74) is 0. The van der Waals surface area contributed by atoms with Crippen LogP contribution in [0, 0.1) is 5.92 Å². The van der Waals surface area contributed by atoms with Crippen molar-refractivity contribution in [3.8, 4) is 0 Å². The van der Waals surface area contributed by atoms with Crippen LogP contribution in [0.1, 0.15) is 39.0 Å². The highest BCUT2D eigenvalue weighted by atomic mass is 16.2. The van der Waals surface area contributed by atoms with Gasteiger partial charge in [0, 0.05) is 30.5 Å². The fourth-order valence-electron chi connectivity index (χ4n) is 3.43. The summed E-state index contributed by atoms with van der Waals surface area (Å²) in [5, 5.41) is 3.54. The fourth-order valence-corrected chi connectivity index (χ4v) is 3.43. The first-order valence-corrected chi connectivity index (χ1v) is 6.27. The van der Waals surface area contributed by atoms with Gasteiger partial charge in [-0.25, -0.2) is 0 Å². The summed E-state index contributed by atoms with van der Waals surface area (Å²) in [6, 6.07) is 1.23. The molecule has 3 aliphatic heterocycles. The van der Waals surface area contributed by atoms with Gasteiger partial charge in [0.2, 0.25) is 11.8 Å². The fraction of sp³-hybridized carbons (Fsp3) is 0.833. The molecule has 4 nitrogen and oxygen atoms in total. The van der Waals surface area contributed by atoms with Crippen molar-refractivity contribution < 1.29 is 9.59 Å². The second kappa shape index (κ2) is 3.55. The largest absolute Gasteiger partial charge is 0.311 e. The van der Waals surface area contributed by atoms with Crippen molar-refractivity contribution in [2.75, 3.05) is 0 Å². The minimum atomic E-state index is -0.0972. The summed E-state index contributed by atoms with van der Waals surface area (Å²) < 4.78 is 0. The number of carbonyl (C=O) groups is 2. The first kappa shape index (κ1) is 10.3. The van der Waals surface area contributed by atoms with Crippen molar-refractivity contribution in [3.63, 3.8) is 0 Å². The van der Waals surface area contributed by atoms with Crippen LogP contribution in [-0.4, -0.2) is 34.8 Å². The van der Waals surface area contributed by atoms with Crippen molar-refractivity contribution in [1.29, 1.82) is 0 Å². The Labute approximate surface area is 95.4 Å². The SMILES string of the molecule is CC1CC(=O)N(C2CC3CCC(C2)N3)C1=O. The van der Waals surface area contributed by atoms with Gasteiger partial charge in [-0.1, -0.05) is 6.92 Å². The van der Waals surface area contributed by atoms with Crippen LogP contribution in [0.2, 0.25) is 0 Å². The van der Waals surface area contributed by atoms with Gasteiger partial charge in [0.15, 0.2) is 0 Å². The smallest absolute Gasteiger partial charge is 0.232 e. The molecule has 3 atom stereocenters. The van der Waals surface area contributed by atoms with E-state index in [4.69, 9.17) is 0 Å². The molecule has 3 heterocycles. The van der Waals surface area contributed by atoms with E-state index < -0.39 is 0 Å². The Hall–Kier alpha value is -0.900. The number of imide groups is 1. The molecule has 3 rings (SSSR count). The average Bonchev–Trinajstić information content (AvgIpc) is 2.69. The van der Waals surface area contributed by atoms with Crippen LogP contribution in [0.4, 0.5) is 0 Å². The Morgan fingerprint density at radius 1 is 1.19 bits per heavy atom. The number of piperidine rings is 1. The molecule has 0 aromatic rings. The van der Waals surface area contributed by atoms with E-state index in [0.29, 0.717) is 18.5 Å². The molecule has 0 spiro atoms. The quantitative estimate of drug-likeness (QED) is 0.663. The maximum atomic E-state index is 11.9. The van der Waals surface area contributed by atoms with Crippen molar-refractivity contribution >= 4 is 11.8 Å². The lowest BCUT2D eigenvalue weighted by Crippen LogP contribution is -2.50. The lowest BCUT2D eigenvalue weighted by Gasteiger charge is -2.34. The van der Waals surface area contributed by atoms with Crippen molar-refractivity contribution in [2.24, 2.45) is 5.92 Å². The van der Waals surface area contributed by atoms with Gasteiger partial charge in [-0.3, -0.25) is 14.5 Å². The van der Waals surface area contributed by atoms with Crippen LogP contribution in [0.25, 0.3) is 0 Å². The van der Waals surface area contributed by atoms with Gasteiger partial charge in [0.1, 0.15) is 0 Å². The predicted octanol–water partition coefficient (Wildman–Crippen LogP) is 0.664. The Morgan fingerprint density at radius 3 is 2.31 bits per heavy atom. The molecule has 1 N–H and O–H groups in total. The Kier molecular flexibility index (Phi) is 2.28. The summed E-state index contributed by atoms with van der Waals surface area (Å²) in [6.45, 7) is 1.86. The maximum absolute atomic E-state index is 11.9. The van der Waals surface area contributed by atoms with E-state index in [2.05, 4.69) is 5.32 Å². The number of nitrogens with one attached hydrogen (secondary N) is 1. The molecule has 2 bridgehead atoms. The Balaban J connectivity index is 1.78. The lowest BCUT2D eigenvalue weighted by molar-refractivity contribution is -0.142. The van der Waals surface area contributed by atoms with Gasteiger partial charge >= 0.3 is 0 Å². The highest BCUT2D eigenvalue weighted by Crippen LogP contribution is 2.33. The molecule has 0 aromatic carbocycles. The summed E-state index contributed by atoms with van der Waals surface area (Å²) in [6.07, 6.45) is 4.74. The van der Waals surface area contributed by atoms with E-state index in [9.17, 15) is 9.59 Å². The predicted molar refractivity (Wildman–Crippen MR) is 58.6 cm³/mol. The third-order valence-corrected chi connectivity index (χ3v) is 4.22. The summed E-state index contributed by atoms with van der Waals surface area (Å²) in [4.78, 5) is 25.3. The number of carbonyl (C=O) groups excluding carboxylic acids is 2. The van der Waals surface area contributed by atoms with Gasteiger partial charge < -0.3 is 5.32 Å². The molecular formula is C12H18N2O2. The number of nitrogens with zero attached hydrogens (tertiary/aromatic N) is 1. The molecule has 0 radical (unpaired) electrons. The zero-order chi connectivity index (χ0) is 11.3. The first-order valence-electron chi connectivity index (χ1n) is 6.27. The van der Waals surface area contributed by atoms with Gasteiger partial charge in [0.05, 0.1) is 0 Å². The number of hydrogen-bond donors (Lipinski definition) is 1.